The molecule has 0 aliphatic carbocycles. The van der Waals surface area contributed by atoms with Crippen LogP contribution in [0.5, 0.6) is 5.75 Å². The topological polar surface area (TPSA) is 38.2 Å². The van der Waals surface area contributed by atoms with E-state index in [0.29, 0.717) is 0 Å². The van der Waals surface area contributed by atoms with Gasteiger partial charge in [-0.05, 0) is 49.2 Å². The molecule has 1 aliphatic rings. The molecule has 0 atom stereocenters. The smallest absolute Gasteiger partial charge is 0.162 e. The van der Waals surface area contributed by atoms with Gasteiger partial charge in [-0.3, -0.25) is 0 Å². The Morgan fingerprint density at radius 2 is 1.62 bits per heavy atom. The van der Waals surface area contributed by atoms with Gasteiger partial charge in [0.1, 0.15) is 11.6 Å². The number of nitrogens with zero attached hydrogens (tertiary/aromatic N) is 3. The molecule has 1 saturated heterocycles. The number of para-hydroxylation sites is 1. The fourth-order valence-corrected chi connectivity index (χ4v) is 3.10. The van der Waals surface area contributed by atoms with Gasteiger partial charge < -0.3 is 9.64 Å². The van der Waals surface area contributed by atoms with Crippen molar-refractivity contribution in [1.29, 1.82) is 0 Å². The first-order valence-electron chi connectivity index (χ1n) is 8.01. The first-order chi connectivity index (χ1) is 11.3. The fourth-order valence-electron chi connectivity index (χ4n) is 3.10. The van der Waals surface area contributed by atoms with E-state index in [9.17, 15) is 0 Å². The van der Waals surface area contributed by atoms with Crippen molar-refractivity contribution in [3.8, 4) is 17.1 Å². The van der Waals surface area contributed by atoms with Crippen LogP contribution in [0.15, 0.2) is 48.5 Å². The fraction of sp³-hybridized carbons (Fsp3) is 0.263. The van der Waals surface area contributed by atoms with Crippen molar-refractivity contribution in [3.05, 3.63) is 48.5 Å². The number of ether oxygens (including phenoxy) is 1. The molecule has 0 saturated carbocycles. The molecule has 2 heterocycles. The van der Waals surface area contributed by atoms with Crippen molar-refractivity contribution in [3.63, 3.8) is 0 Å². The van der Waals surface area contributed by atoms with Crippen molar-refractivity contribution in [2.24, 2.45) is 0 Å². The van der Waals surface area contributed by atoms with Crippen molar-refractivity contribution in [2.45, 2.75) is 12.8 Å². The van der Waals surface area contributed by atoms with Gasteiger partial charge in [0.15, 0.2) is 5.82 Å². The molecule has 4 nitrogen and oxygen atoms in total. The third kappa shape index (κ3) is 3.02. The predicted octanol–water partition coefficient (Wildman–Crippen LogP) is 4.33. The quantitative estimate of drug-likeness (QED) is 0.710. The number of anilines is 1. The average Bonchev–Trinajstić information content (AvgIpc) is 3.15. The summed E-state index contributed by atoms with van der Waals surface area (Å²) in [4.78, 5) is 12.0. The van der Waals surface area contributed by atoms with Crippen LogP contribution in [0.2, 0.25) is 0 Å². The van der Waals surface area contributed by atoms with E-state index in [1.54, 1.807) is 7.11 Å². The van der Waals surface area contributed by atoms with Gasteiger partial charge in [0.2, 0.25) is 0 Å². The molecular formula is C19H20ClN3O. The maximum Gasteiger partial charge on any atom is 0.162 e. The molecule has 4 rings (SSSR count). The molecule has 0 N–H and O–H groups in total. The lowest BCUT2D eigenvalue weighted by molar-refractivity contribution is 0.415. The van der Waals surface area contributed by atoms with Gasteiger partial charge in [-0.2, -0.15) is 0 Å². The van der Waals surface area contributed by atoms with E-state index in [1.807, 2.05) is 30.3 Å². The lowest BCUT2D eigenvalue weighted by atomic mass is 10.1. The Bertz CT molecular complexity index is 830. The zero-order valence-electron chi connectivity index (χ0n) is 13.6. The van der Waals surface area contributed by atoms with Crippen LogP contribution in [0.3, 0.4) is 0 Å². The Balaban J connectivity index is 0.00000169. The summed E-state index contributed by atoms with van der Waals surface area (Å²) in [6.45, 7) is 2.14. The molecule has 0 bridgehead atoms. The largest absolute Gasteiger partial charge is 0.497 e. The number of halogens is 1. The van der Waals surface area contributed by atoms with E-state index < -0.39 is 0 Å². The summed E-state index contributed by atoms with van der Waals surface area (Å²) in [5.41, 5.74) is 2.01. The second-order valence-electron chi connectivity index (χ2n) is 5.81. The maximum absolute atomic E-state index is 5.23. The van der Waals surface area contributed by atoms with Gasteiger partial charge in [0, 0.05) is 24.0 Å². The minimum absolute atomic E-state index is 0. The summed E-state index contributed by atoms with van der Waals surface area (Å²) < 4.78 is 5.23. The van der Waals surface area contributed by atoms with Gasteiger partial charge in [0.05, 0.1) is 12.6 Å². The van der Waals surface area contributed by atoms with Crippen LogP contribution in [0.4, 0.5) is 5.82 Å². The van der Waals surface area contributed by atoms with Crippen LogP contribution < -0.4 is 9.64 Å². The maximum atomic E-state index is 5.23. The highest BCUT2D eigenvalue weighted by Crippen LogP contribution is 2.30. The van der Waals surface area contributed by atoms with E-state index in [-0.39, 0.29) is 12.4 Å². The average molecular weight is 342 g/mol. The molecular weight excluding hydrogens is 322 g/mol. The van der Waals surface area contributed by atoms with Gasteiger partial charge >= 0.3 is 0 Å². The molecule has 24 heavy (non-hydrogen) atoms. The molecule has 1 aliphatic heterocycles. The summed E-state index contributed by atoms with van der Waals surface area (Å²) >= 11 is 0. The van der Waals surface area contributed by atoms with E-state index in [1.165, 1.54) is 12.8 Å². The lowest BCUT2D eigenvalue weighted by Gasteiger charge is -2.19. The first kappa shape index (κ1) is 16.5. The van der Waals surface area contributed by atoms with Crippen molar-refractivity contribution < 1.29 is 4.74 Å². The van der Waals surface area contributed by atoms with Crippen molar-refractivity contribution in [2.75, 3.05) is 25.1 Å². The van der Waals surface area contributed by atoms with Crippen molar-refractivity contribution in [1.82, 2.24) is 9.97 Å². The standard InChI is InChI=1S/C19H19N3O.ClH/c1-23-15-10-8-14(9-11-15)18-20-17-7-3-2-6-16(17)19(21-18)22-12-4-5-13-22;/h2-3,6-11H,4-5,12-13H2,1H3;1H. The summed E-state index contributed by atoms with van der Waals surface area (Å²) in [7, 11) is 1.67. The predicted molar refractivity (Wildman–Crippen MR) is 100 cm³/mol. The molecule has 0 radical (unpaired) electrons. The summed E-state index contributed by atoms with van der Waals surface area (Å²) in [6.07, 6.45) is 2.46. The number of benzene rings is 2. The highest BCUT2D eigenvalue weighted by atomic mass is 35.5. The molecule has 0 spiro atoms. The normalized spacial score (nSPS) is 13.8. The number of hydrogen-bond acceptors (Lipinski definition) is 4. The van der Waals surface area contributed by atoms with Gasteiger partial charge in [-0.25, -0.2) is 9.97 Å². The zero-order valence-corrected chi connectivity index (χ0v) is 14.4. The molecule has 1 fully saturated rings. The van der Waals surface area contributed by atoms with Gasteiger partial charge in [-0.1, -0.05) is 12.1 Å². The highest BCUT2D eigenvalue weighted by molar-refractivity contribution is 5.91. The second-order valence-corrected chi connectivity index (χ2v) is 5.81. The highest BCUT2D eigenvalue weighted by Gasteiger charge is 2.18. The lowest BCUT2D eigenvalue weighted by Crippen LogP contribution is -2.19. The number of rotatable bonds is 3. The first-order valence-corrected chi connectivity index (χ1v) is 8.01. The van der Waals surface area contributed by atoms with E-state index in [4.69, 9.17) is 14.7 Å². The zero-order chi connectivity index (χ0) is 15.6. The van der Waals surface area contributed by atoms with Crippen LogP contribution in [0, 0.1) is 0 Å². The number of methoxy groups -OCH3 is 1. The van der Waals surface area contributed by atoms with E-state index >= 15 is 0 Å². The van der Waals surface area contributed by atoms with Crippen LogP contribution >= 0.6 is 12.4 Å². The Morgan fingerprint density at radius 3 is 2.33 bits per heavy atom. The van der Waals surface area contributed by atoms with Crippen LogP contribution in [0.25, 0.3) is 22.3 Å². The molecule has 0 unspecified atom stereocenters. The minimum atomic E-state index is 0. The third-order valence-corrected chi connectivity index (χ3v) is 4.34. The Labute approximate surface area is 147 Å². The molecule has 0 amide bonds. The van der Waals surface area contributed by atoms with Gasteiger partial charge in [-0.15, -0.1) is 12.4 Å². The van der Waals surface area contributed by atoms with Crippen molar-refractivity contribution >= 4 is 29.1 Å². The number of hydrogen-bond donors (Lipinski definition) is 0. The van der Waals surface area contributed by atoms with Crippen LogP contribution in [-0.2, 0) is 0 Å². The number of fused-ring (bicyclic) bond motifs is 1. The Morgan fingerprint density at radius 1 is 0.917 bits per heavy atom. The molecule has 2 aromatic carbocycles. The second kappa shape index (κ2) is 7.05. The summed E-state index contributed by atoms with van der Waals surface area (Å²) in [5.74, 6) is 2.67. The molecule has 1 aromatic heterocycles. The molecule has 124 valence electrons. The SMILES string of the molecule is COc1ccc(-c2nc(N3CCCC3)c3ccccc3n2)cc1.Cl. The molecule has 5 heteroatoms. The van der Waals surface area contributed by atoms with Crippen LogP contribution in [0.1, 0.15) is 12.8 Å². The van der Waals surface area contributed by atoms with E-state index in [0.717, 1.165) is 46.9 Å². The van der Waals surface area contributed by atoms with E-state index in [2.05, 4.69) is 23.1 Å². The monoisotopic (exact) mass is 341 g/mol. The van der Waals surface area contributed by atoms with Gasteiger partial charge in [0.25, 0.3) is 0 Å². The Kier molecular flexibility index (Phi) is 4.86. The third-order valence-electron chi connectivity index (χ3n) is 4.34. The summed E-state index contributed by atoms with van der Waals surface area (Å²) in [6, 6.07) is 16.2. The van der Waals surface area contributed by atoms with Crippen LogP contribution in [-0.4, -0.2) is 30.2 Å². The minimum Gasteiger partial charge on any atom is -0.497 e. The Hall–Kier alpha value is -2.33. The molecule has 3 aromatic rings. The number of aromatic nitrogens is 2. The summed E-state index contributed by atoms with van der Waals surface area (Å²) in [5, 5.41) is 1.13.